The summed E-state index contributed by atoms with van der Waals surface area (Å²) in [6.07, 6.45) is 23.4. The van der Waals surface area contributed by atoms with E-state index in [1.54, 1.807) is 0 Å². The third-order valence-electron chi connectivity index (χ3n) is 12.5. The Kier molecular flexibility index (Phi) is 9.23. The predicted molar refractivity (Wildman–Crippen MR) is 267 cm³/mol. The number of rotatable bonds is 7. The predicted octanol–water partition coefficient (Wildman–Crippen LogP) is 15.1. The number of allylic oxidation sites excluding steroid dienone is 12. The molecule has 0 saturated carbocycles. The standard InChI is InChI=1S/C59H41N5/c1-2-9-24-42(23-8-1)63-53-35-19-17-32-50(53)56-51(33-20-36-54(56)63)59-61-57(41-37-38-48-47-30-16-18-34-52(47)64(55(48)39-41)43-25-10-3-4-11-26-43)60-58(62-59)49-31-15-14-29-46(49)45-28-13-12-27-44(45)40-21-6-5-7-22-40/h1,3-25,27-39H,2,26H2. The van der Waals surface area contributed by atoms with Crippen molar-refractivity contribution in [3.05, 3.63) is 225 Å². The van der Waals surface area contributed by atoms with E-state index >= 15 is 0 Å². The van der Waals surface area contributed by atoms with Crippen molar-refractivity contribution in [3.63, 3.8) is 0 Å². The molecular weight excluding hydrogens is 779 g/mol. The van der Waals surface area contributed by atoms with Crippen LogP contribution in [0.15, 0.2) is 225 Å². The van der Waals surface area contributed by atoms with Crippen LogP contribution in [0.5, 0.6) is 0 Å². The minimum Gasteiger partial charge on any atom is -0.313 e. The van der Waals surface area contributed by atoms with E-state index in [2.05, 4.69) is 234 Å². The van der Waals surface area contributed by atoms with Crippen molar-refractivity contribution >= 4 is 55.0 Å². The highest BCUT2D eigenvalue weighted by atomic mass is 15.0. The molecule has 302 valence electrons. The van der Waals surface area contributed by atoms with Crippen LogP contribution in [-0.4, -0.2) is 24.1 Å². The lowest BCUT2D eigenvalue weighted by molar-refractivity contribution is 1.08. The van der Waals surface area contributed by atoms with Gasteiger partial charge < -0.3 is 9.13 Å². The molecule has 10 aromatic rings. The van der Waals surface area contributed by atoms with Gasteiger partial charge in [-0.1, -0.05) is 182 Å². The fraction of sp³-hybridized carbons (Fsp3) is 0.0339. The second-order valence-corrected chi connectivity index (χ2v) is 16.2. The summed E-state index contributed by atoms with van der Waals surface area (Å²) >= 11 is 0. The highest BCUT2D eigenvalue weighted by molar-refractivity contribution is 6.16. The second-order valence-electron chi connectivity index (χ2n) is 16.2. The number of benzene rings is 7. The first-order chi connectivity index (χ1) is 31.8. The van der Waals surface area contributed by atoms with Gasteiger partial charge in [0.15, 0.2) is 17.5 Å². The number of hydrogen-bond acceptors (Lipinski definition) is 3. The van der Waals surface area contributed by atoms with Crippen molar-refractivity contribution in [2.45, 2.75) is 12.8 Å². The summed E-state index contributed by atoms with van der Waals surface area (Å²) in [5, 5.41) is 4.64. The maximum Gasteiger partial charge on any atom is 0.164 e. The van der Waals surface area contributed by atoms with Crippen LogP contribution in [-0.2, 0) is 0 Å². The third kappa shape index (κ3) is 6.37. The van der Waals surface area contributed by atoms with Crippen molar-refractivity contribution in [1.82, 2.24) is 24.1 Å². The molecule has 5 nitrogen and oxygen atoms in total. The van der Waals surface area contributed by atoms with Crippen molar-refractivity contribution < 1.29 is 0 Å². The van der Waals surface area contributed by atoms with Crippen molar-refractivity contribution in [3.8, 4) is 56.4 Å². The monoisotopic (exact) mass is 819 g/mol. The molecule has 12 rings (SSSR count). The Bertz CT molecular complexity index is 3660. The maximum atomic E-state index is 5.48. The first-order valence-electron chi connectivity index (χ1n) is 21.9. The van der Waals surface area contributed by atoms with E-state index in [0.29, 0.717) is 17.5 Å². The van der Waals surface area contributed by atoms with Crippen LogP contribution in [0.4, 0.5) is 0 Å². The number of hydrogen-bond donors (Lipinski definition) is 0. The largest absolute Gasteiger partial charge is 0.313 e. The van der Waals surface area contributed by atoms with E-state index in [1.807, 2.05) is 0 Å². The van der Waals surface area contributed by atoms with Crippen molar-refractivity contribution in [1.29, 1.82) is 0 Å². The van der Waals surface area contributed by atoms with Gasteiger partial charge >= 0.3 is 0 Å². The number of nitrogens with zero attached hydrogens (tertiary/aromatic N) is 5. The fourth-order valence-electron chi connectivity index (χ4n) is 9.60. The lowest BCUT2D eigenvalue weighted by Gasteiger charge is -2.15. The van der Waals surface area contributed by atoms with E-state index in [9.17, 15) is 0 Å². The van der Waals surface area contributed by atoms with Crippen LogP contribution < -0.4 is 0 Å². The first-order valence-corrected chi connectivity index (χ1v) is 21.9. The van der Waals surface area contributed by atoms with Gasteiger partial charge in [0.2, 0.25) is 0 Å². The van der Waals surface area contributed by atoms with E-state index < -0.39 is 0 Å². The summed E-state index contributed by atoms with van der Waals surface area (Å²) in [6.45, 7) is 0. The minimum atomic E-state index is 0.611. The molecule has 7 aromatic carbocycles. The highest BCUT2D eigenvalue weighted by Gasteiger charge is 2.23. The molecule has 0 unspecified atom stereocenters. The van der Waals surface area contributed by atoms with Crippen LogP contribution in [0.2, 0.25) is 0 Å². The van der Waals surface area contributed by atoms with Gasteiger partial charge in [-0.05, 0) is 71.2 Å². The van der Waals surface area contributed by atoms with Gasteiger partial charge in [0.25, 0.3) is 0 Å². The van der Waals surface area contributed by atoms with Gasteiger partial charge in [0.1, 0.15) is 0 Å². The zero-order chi connectivity index (χ0) is 42.4. The molecule has 2 aliphatic carbocycles. The van der Waals surface area contributed by atoms with Gasteiger partial charge in [-0.3, -0.25) is 0 Å². The molecule has 0 bridgehead atoms. The van der Waals surface area contributed by atoms with Gasteiger partial charge in [-0.25, -0.2) is 15.0 Å². The molecule has 0 radical (unpaired) electrons. The van der Waals surface area contributed by atoms with Gasteiger partial charge in [-0.15, -0.1) is 0 Å². The summed E-state index contributed by atoms with van der Waals surface area (Å²) in [6, 6.07) is 58.2. The van der Waals surface area contributed by atoms with E-state index in [0.717, 1.165) is 84.8 Å². The van der Waals surface area contributed by atoms with Gasteiger partial charge in [0.05, 0.1) is 22.1 Å². The lowest BCUT2D eigenvalue weighted by atomic mass is 9.91. The summed E-state index contributed by atoms with van der Waals surface area (Å²) in [7, 11) is 0. The minimum absolute atomic E-state index is 0.611. The Labute approximate surface area is 371 Å². The fourth-order valence-corrected chi connectivity index (χ4v) is 9.60. The van der Waals surface area contributed by atoms with Crippen LogP contribution in [0.25, 0.3) is 111 Å². The maximum absolute atomic E-state index is 5.48. The average molecular weight is 820 g/mol. The molecule has 0 spiro atoms. The smallest absolute Gasteiger partial charge is 0.164 e. The molecule has 5 heteroatoms. The normalized spacial score (nSPS) is 13.8. The number of para-hydroxylation sites is 2. The quantitative estimate of drug-likeness (QED) is 0.161. The third-order valence-corrected chi connectivity index (χ3v) is 12.5. The zero-order valence-electron chi connectivity index (χ0n) is 35.0. The van der Waals surface area contributed by atoms with Crippen molar-refractivity contribution in [2.24, 2.45) is 0 Å². The van der Waals surface area contributed by atoms with Crippen LogP contribution in [0.1, 0.15) is 12.8 Å². The van der Waals surface area contributed by atoms with Gasteiger partial charge in [0, 0.05) is 56.1 Å². The molecular formula is C59H41N5. The zero-order valence-corrected chi connectivity index (χ0v) is 35.0. The second kappa shape index (κ2) is 15.8. The molecule has 64 heavy (non-hydrogen) atoms. The summed E-state index contributed by atoms with van der Waals surface area (Å²) < 4.78 is 4.76. The number of aromatic nitrogens is 5. The van der Waals surface area contributed by atoms with E-state index in [1.165, 1.54) is 22.0 Å². The Morgan fingerprint density at radius 3 is 1.86 bits per heavy atom. The van der Waals surface area contributed by atoms with Crippen LogP contribution in [0.3, 0.4) is 0 Å². The summed E-state index contributed by atoms with van der Waals surface area (Å²) in [4.78, 5) is 16.4. The summed E-state index contributed by atoms with van der Waals surface area (Å²) in [5.41, 5.74) is 14.1. The lowest BCUT2D eigenvalue weighted by Crippen LogP contribution is -2.02. The first kappa shape index (κ1) is 37.4. The van der Waals surface area contributed by atoms with Gasteiger partial charge in [-0.2, -0.15) is 0 Å². The van der Waals surface area contributed by atoms with Crippen LogP contribution >= 0.6 is 0 Å². The molecule has 2 aliphatic rings. The molecule has 0 fully saturated rings. The summed E-state index contributed by atoms with van der Waals surface area (Å²) in [5.74, 6) is 1.84. The molecule has 3 aromatic heterocycles. The molecule has 0 saturated heterocycles. The highest BCUT2D eigenvalue weighted by Crippen LogP contribution is 2.42. The number of fused-ring (bicyclic) bond motifs is 6. The Hall–Kier alpha value is -8.41. The van der Waals surface area contributed by atoms with E-state index in [-0.39, 0.29) is 0 Å². The molecule has 0 N–H and O–H groups in total. The molecule has 3 heterocycles. The topological polar surface area (TPSA) is 48.5 Å². The average Bonchev–Trinajstić information content (AvgIpc) is 3.53. The molecule has 0 amide bonds. The Balaban J connectivity index is 1.13. The molecule has 0 atom stereocenters. The van der Waals surface area contributed by atoms with Crippen LogP contribution in [0, 0.1) is 0 Å². The van der Waals surface area contributed by atoms with E-state index in [4.69, 9.17) is 15.0 Å². The molecule has 0 aliphatic heterocycles. The SMILES string of the molecule is C1=CC=C(n2c3ccccc3c3ccc(-c4nc(-c5ccccc5-c5ccccc5-c5ccccc5)nc(-c5cccc6c5c5ccccc5n6C5=CC=CCC=C5)n4)cc32)CC=C1. The Morgan fingerprint density at radius 2 is 1.02 bits per heavy atom. The van der Waals surface area contributed by atoms with Crippen molar-refractivity contribution in [2.75, 3.05) is 0 Å². The Morgan fingerprint density at radius 1 is 0.375 bits per heavy atom.